The van der Waals surface area contributed by atoms with Crippen LogP contribution in [0.1, 0.15) is 24.2 Å². The number of nitrogens with zero attached hydrogens (tertiary/aromatic N) is 2. The third-order valence-electron chi connectivity index (χ3n) is 3.31. The molecular formula is C15H17ClN4. The molecule has 1 aromatic heterocycles. The van der Waals surface area contributed by atoms with Crippen LogP contribution in [0, 0.1) is 5.41 Å². The Morgan fingerprint density at radius 1 is 1.25 bits per heavy atom. The van der Waals surface area contributed by atoms with Gasteiger partial charge in [0.05, 0.1) is 6.04 Å². The Morgan fingerprint density at radius 3 is 2.60 bits per heavy atom. The smallest absolute Gasteiger partial charge is 0.141 e. The second-order valence-electron chi connectivity index (χ2n) is 4.60. The SMILES string of the molecule is CC(c1ccccc1Cl)N(C)c1cccc(C(=N)N)n1. The number of aromatic nitrogens is 1. The molecule has 3 N–H and O–H groups in total. The zero-order valence-electron chi connectivity index (χ0n) is 11.5. The van der Waals surface area contributed by atoms with Gasteiger partial charge in [-0.3, -0.25) is 5.41 Å². The number of hydrogen-bond donors (Lipinski definition) is 2. The quantitative estimate of drug-likeness (QED) is 0.670. The number of halogens is 1. The molecule has 1 heterocycles. The molecule has 0 fully saturated rings. The molecule has 1 aromatic carbocycles. The highest BCUT2D eigenvalue weighted by Crippen LogP contribution is 2.28. The topological polar surface area (TPSA) is 66.0 Å². The van der Waals surface area contributed by atoms with E-state index in [0.29, 0.717) is 5.69 Å². The van der Waals surface area contributed by atoms with Gasteiger partial charge in [0.1, 0.15) is 17.3 Å². The van der Waals surface area contributed by atoms with Gasteiger partial charge in [-0.25, -0.2) is 4.98 Å². The van der Waals surface area contributed by atoms with Gasteiger partial charge in [0, 0.05) is 12.1 Å². The lowest BCUT2D eigenvalue weighted by molar-refractivity contribution is 0.728. The Morgan fingerprint density at radius 2 is 1.95 bits per heavy atom. The third-order valence-corrected chi connectivity index (χ3v) is 3.65. The van der Waals surface area contributed by atoms with Crippen molar-refractivity contribution < 1.29 is 0 Å². The Bertz CT molecular complexity index is 627. The second-order valence-corrected chi connectivity index (χ2v) is 5.01. The minimum atomic E-state index is -0.0364. The summed E-state index contributed by atoms with van der Waals surface area (Å²) >= 11 is 6.23. The van der Waals surface area contributed by atoms with Crippen LogP contribution in [-0.2, 0) is 0 Å². The molecule has 104 valence electrons. The highest BCUT2D eigenvalue weighted by molar-refractivity contribution is 6.31. The molecule has 0 spiro atoms. The lowest BCUT2D eigenvalue weighted by Crippen LogP contribution is -2.24. The van der Waals surface area contributed by atoms with Crippen molar-refractivity contribution in [3.63, 3.8) is 0 Å². The zero-order chi connectivity index (χ0) is 14.7. The predicted molar refractivity (Wildman–Crippen MR) is 83.5 cm³/mol. The van der Waals surface area contributed by atoms with E-state index in [1.807, 2.05) is 48.3 Å². The number of rotatable bonds is 4. The van der Waals surface area contributed by atoms with Crippen LogP contribution < -0.4 is 10.6 Å². The molecule has 1 unspecified atom stereocenters. The van der Waals surface area contributed by atoms with Crippen molar-refractivity contribution >= 4 is 23.3 Å². The van der Waals surface area contributed by atoms with E-state index < -0.39 is 0 Å². The zero-order valence-corrected chi connectivity index (χ0v) is 12.2. The molecule has 0 aliphatic heterocycles. The molecule has 2 rings (SSSR count). The van der Waals surface area contributed by atoms with Crippen LogP contribution >= 0.6 is 11.6 Å². The third kappa shape index (κ3) is 2.91. The van der Waals surface area contributed by atoms with Crippen LogP contribution in [0.4, 0.5) is 5.82 Å². The second kappa shape index (κ2) is 5.92. The number of pyridine rings is 1. The van der Waals surface area contributed by atoms with E-state index in [4.69, 9.17) is 22.7 Å². The van der Waals surface area contributed by atoms with Gasteiger partial charge in [-0.1, -0.05) is 35.9 Å². The number of amidine groups is 1. The molecule has 0 saturated heterocycles. The number of nitrogen functional groups attached to an aromatic ring is 1. The van der Waals surface area contributed by atoms with E-state index in [1.165, 1.54) is 0 Å². The summed E-state index contributed by atoms with van der Waals surface area (Å²) in [4.78, 5) is 6.39. The number of benzene rings is 1. The maximum Gasteiger partial charge on any atom is 0.141 e. The summed E-state index contributed by atoms with van der Waals surface area (Å²) < 4.78 is 0. The van der Waals surface area contributed by atoms with E-state index in [-0.39, 0.29) is 11.9 Å². The van der Waals surface area contributed by atoms with Crippen LogP contribution in [0.15, 0.2) is 42.5 Å². The first-order chi connectivity index (χ1) is 9.50. The van der Waals surface area contributed by atoms with Crippen molar-refractivity contribution in [3.8, 4) is 0 Å². The molecule has 1 atom stereocenters. The summed E-state index contributed by atoms with van der Waals surface area (Å²) in [6.45, 7) is 2.06. The van der Waals surface area contributed by atoms with Crippen molar-refractivity contribution in [2.75, 3.05) is 11.9 Å². The Labute approximate surface area is 123 Å². The molecule has 0 aliphatic carbocycles. The summed E-state index contributed by atoms with van der Waals surface area (Å²) in [5, 5.41) is 8.19. The van der Waals surface area contributed by atoms with Crippen molar-refractivity contribution in [1.82, 2.24) is 4.98 Å². The molecule has 0 radical (unpaired) electrons. The van der Waals surface area contributed by atoms with E-state index in [1.54, 1.807) is 6.07 Å². The van der Waals surface area contributed by atoms with E-state index in [9.17, 15) is 0 Å². The molecule has 0 saturated carbocycles. The molecule has 0 bridgehead atoms. The van der Waals surface area contributed by atoms with Gasteiger partial charge in [0.2, 0.25) is 0 Å². The first-order valence-electron chi connectivity index (χ1n) is 6.29. The highest BCUT2D eigenvalue weighted by Gasteiger charge is 2.16. The number of nitrogens with two attached hydrogens (primary N) is 1. The number of hydrogen-bond acceptors (Lipinski definition) is 3. The predicted octanol–water partition coefficient (Wildman–Crippen LogP) is 3.22. The molecular weight excluding hydrogens is 272 g/mol. The first kappa shape index (κ1) is 14.3. The lowest BCUT2D eigenvalue weighted by atomic mass is 10.1. The molecule has 5 heteroatoms. The monoisotopic (exact) mass is 288 g/mol. The van der Waals surface area contributed by atoms with E-state index in [2.05, 4.69) is 11.9 Å². The average molecular weight is 289 g/mol. The van der Waals surface area contributed by atoms with Crippen LogP contribution in [0.2, 0.25) is 5.02 Å². The van der Waals surface area contributed by atoms with Gasteiger partial charge in [-0.2, -0.15) is 0 Å². The van der Waals surface area contributed by atoms with Crippen molar-refractivity contribution in [2.45, 2.75) is 13.0 Å². The van der Waals surface area contributed by atoms with Gasteiger partial charge < -0.3 is 10.6 Å². The summed E-state index contributed by atoms with van der Waals surface area (Å²) in [5.41, 5.74) is 6.98. The largest absolute Gasteiger partial charge is 0.382 e. The van der Waals surface area contributed by atoms with Gasteiger partial charge in [-0.05, 0) is 30.7 Å². The normalized spacial score (nSPS) is 11.9. The first-order valence-corrected chi connectivity index (χ1v) is 6.67. The van der Waals surface area contributed by atoms with Crippen molar-refractivity contribution in [1.29, 1.82) is 5.41 Å². The summed E-state index contributed by atoms with van der Waals surface area (Å²) in [6, 6.07) is 13.3. The minimum Gasteiger partial charge on any atom is -0.382 e. The highest BCUT2D eigenvalue weighted by atomic mass is 35.5. The van der Waals surface area contributed by atoms with Crippen LogP contribution in [0.5, 0.6) is 0 Å². The van der Waals surface area contributed by atoms with Gasteiger partial charge >= 0.3 is 0 Å². The van der Waals surface area contributed by atoms with E-state index >= 15 is 0 Å². The van der Waals surface area contributed by atoms with Crippen LogP contribution in [0.25, 0.3) is 0 Å². The summed E-state index contributed by atoms with van der Waals surface area (Å²) in [7, 11) is 1.94. The molecule has 4 nitrogen and oxygen atoms in total. The fourth-order valence-electron chi connectivity index (χ4n) is 1.99. The molecule has 0 aliphatic rings. The molecule has 0 amide bonds. The Kier molecular flexibility index (Phi) is 4.25. The van der Waals surface area contributed by atoms with Gasteiger partial charge in [-0.15, -0.1) is 0 Å². The lowest BCUT2D eigenvalue weighted by Gasteiger charge is -2.27. The average Bonchev–Trinajstić information content (AvgIpc) is 2.46. The fourth-order valence-corrected chi connectivity index (χ4v) is 2.28. The van der Waals surface area contributed by atoms with Gasteiger partial charge in [0.25, 0.3) is 0 Å². The summed E-state index contributed by atoms with van der Waals surface area (Å²) in [5.74, 6) is 0.718. The standard InChI is InChI=1S/C15H17ClN4/c1-10(11-6-3-4-7-12(11)16)20(2)14-9-5-8-13(19-14)15(17)18/h3-10H,1-2H3,(H3,17,18). The maximum absolute atomic E-state index is 7.45. The van der Waals surface area contributed by atoms with Gasteiger partial charge in [0.15, 0.2) is 0 Å². The van der Waals surface area contributed by atoms with E-state index in [0.717, 1.165) is 16.4 Å². The molecule has 2 aromatic rings. The molecule has 20 heavy (non-hydrogen) atoms. The fraction of sp³-hybridized carbons (Fsp3) is 0.200. The number of nitrogens with one attached hydrogen (secondary N) is 1. The van der Waals surface area contributed by atoms with Crippen molar-refractivity contribution in [2.24, 2.45) is 5.73 Å². The minimum absolute atomic E-state index is 0.0364. The van der Waals surface area contributed by atoms with Crippen LogP contribution in [0.3, 0.4) is 0 Å². The summed E-state index contributed by atoms with van der Waals surface area (Å²) in [6.07, 6.45) is 0. The van der Waals surface area contributed by atoms with Crippen molar-refractivity contribution in [3.05, 3.63) is 58.7 Å². The van der Waals surface area contributed by atoms with Crippen LogP contribution in [-0.4, -0.2) is 17.9 Å². The Hall–Kier alpha value is -2.07. The Balaban J connectivity index is 2.31. The maximum atomic E-state index is 7.45. The number of anilines is 1.